The predicted octanol–water partition coefficient (Wildman–Crippen LogP) is 4.20. The van der Waals surface area contributed by atoms with Crippen LogP contribution in [-0.4, -0.2) is 16.2 Å². The molecule has 1 saturated carbocycles. The molecule has 1 aliphatic heterocycles. The summed E-state index contributed by atoms with van der Waals surface area (Å²) in [5.74, 6) is 1.58. The SMILES string of the molecule is Cc1ccc(-c2noc(C3CC4CCCCC4N3)n2)cc1F.Cl. The summed E-state index contributed by atoms with van der Waals surface area (Å²) < 4.78 is 19.1. The zero-order valence-electron chi connectivity index (χ0n) is 13.1. The van der Waals surface area contributed by atoms with E-state index in [1.807, 2.05) is 6.07 Å². The lowest BCUT2D eigenvalue weighted by Crippen LogP contribution is -2.30. The molecule has 1 aliphatic carbocycles. The van der Waals surface area contributed by atoms with Gasteiger partial charge in [0.2, 0.25) is 11.7 Å². The van der Waals surface area contributed by atoms with Crippen molar-refractivity contribution >= 4 is 12.4 Å². The third kappa shape index (κ3) is 3.12. The maximum atomic E-state index is 13.7. The average molecular weight is 338 g/mol. The van der Waals surface area contributed by atoms with Crippen molar-refractivity contribution in [2.45, 2.75) is 51.1 Å². The highest BCUT2D eigenvalue weighted by Crippen LogP contribution is 2.38. The Bertz CT molecular complexity index is 676. The van der Waals surface area contributed by atoms with E-state index in [0.717, 1.165) is 12.3 Å². The molecule has 1 aromatic carbocycles. The van der Waals surface area contributed by atoms with Crippen molar-refractivity contribution in [1.29, 1.82) is 0 Å². The first-order chi connectivity index (χ1) is 10.7. The second kappa shape index (κ2) is 6.57. The van der Waals surface area contributed by atoms with Crippen LogP contribution in [0.4, 0.5) is 4.39 Å². The Morgan fingerprint density at radius 2 is 2.09 bits per heavy atom. The fourth-order valence-corrected chi connectivity index (χ4v) is 3.74. The first kappa shape index (κ1) is 16.4. The molecule has 2 aliphatic rings. The summed E-state index contributed by atoms with van der Waals surface area (Å²) in [4.78, 5) is 4.48. The van der Waals surface area contributed by atoms with Gasteiger partial charge in [-0.2, -0.15) is 4.98 Å². The van der Waals surface area contributed by atoms with Gasteiger partial charge >= 0.3 is 0 Å². The normalized spacial score (nSPS) is 26.6. The fourth-order valence-electron chi connectivity index (χ4n) is 3.74. The molecule has 2 aromatic rings. The molecule has 0 spiro atoms. The number of hydrogen-bond donors (Lipinski definition) is 1. The number of rotatable bonds is 2. The van der Waals surface area contributed by atoms with Crippen molar-refractivity contribution in [3.05, 3.63) is 35.5 Å². The number of nitrogens with zero attached hydrogens (tertiary/aromatic N) is 2. The van der Waals surface area contributed by atoms with E-state index >= 15 is 0 Å². The Morgan fingerprint density at radius 1 is 1.26 bits per heavy atom. The summed E-state index contributed by atoms with van der Waals surface area (Å²) in [5.41, 5.74) is 1.28. The standard InChI is InChI=1S/C17H20FN3O.ClH/c1-10-6-7-12(8-13(10)18)16-20-17(22-21-16)15-9-11-4-2-3-5-14(11)19-15;/h6-8,11,14-15,19H,2-5,9H2,1H3;1H. The number of aromatic nitrogens is 2. The lowest BCUT2D eigenvalue weighted by atomic mass is 9.85. The van der Waals surface area contributed by atoms with Crippen molar-refractivity contribution in [2.75, 3.05) is 0 Å². The smallest absolute Gasteiger partial charge is 0.244 e. The minimum atomic E-state index is -0.242. The van der Waals surface area contributed by atoms with Crippen LogP contribution >= 0.6 is 12.4 Å². The highest BCUT2D eigenvalue weighted by atomic mass is 35.5. The van der Waals surface area contributed by atoms with Crippen LogP contribution in [0.15, 0.2) is 22.7 Å². The molecule has 2 fully saturated rings. The van der Waals surface area contributed by atoms with E-state index in [2.05, 4.69) is 15.5 Å². The maximum absolute atomic E-state index is 13.7. The van der Waals surface area contributed by atoms with Gasteiger partial charge in [0.05, 0.1) is 6.04 Å². The summed E-state index contributed by atoms with van der Waals surface area (Å²) >= 11 is 0. The highest BCUT2D eigenvalue weighted by Gasteiger charge is 2.38. The molecule has 4 rings (SSSR count). The third-order valence-electron chi connectivity index (χ3n) is 5.03. The topological polar surface area (TPSA) is 51.0 Å². The van der Waals surface area contributed by atoms with Gasteiger partial charge in [0, 0.05) is 11.6 Å². The first-order valence-electron chi connectivity index (χ1n) is 8.07. The first-order valence-corrected chi connectivity index (χ1v) is 8.07. The quantitative estimate of drug-likeness (QED) is 0.892. The molecule has 124 valence electrons. The minimum Gasteiger partial charge on any atom is -0.337 e. The Kier molecular flexibility index (Phi) is 4.69. The Morgan fingerprint density at radius 3 is 2.87 bits per heavy atom. The summed E-state index contributed by atoms with van der Waals surface area (Å²) in [5, 5.41) is 7.65. The van der Waals surface area contributed by atoms with Crippen LogP contribution in [-0.2, 0) is 0 Å². The zero-order valence-corrected chi connectivity index (χ0v) is 13.9. The molecule has 6 heteroatoms. The molecular formula is C17H21ClFN3O. The van der Waals surface area contributed by atoms with E-state index in [1.165, 1.54) is 31.7 Å². The van der Waals surface area contributed by atoms with Crippen molar-refractivity contribution in [3.63, 3.8) is 0 Å². The summed E-state index contributed by atoms with van der Waals surface area (Å²) in [6.45, 7) is 1.74. The molecule has 23 heavy (non-hydrogen) atoms. The Labute approximate surface area is 141 Å². The fraction of sp³-hybridized carbons (Fsp3) is 0.529. The van der Waals surface area contributed by atoms with Crippen molar-refractivity contribution < 1.29 is 8.91 Å². The van der Waals surface area contributed by atoms with Crippen LogP contribution in [0.25, 0.3) is 11.4 Å². The van der Waals surface area contributed by atoms with Gasteiger partial charge in [0.25, 0.3) is 0 Å². The van der Waals surface area contributed by atoms with Crippen LogP contribution in [0.2, 0.25) is 0 Å². The number of benzene rings is 1. The molecule has 3 atom stereocenters. The average Bonchev–Trinajstić information content (AvgIpc) is 3.15. The molecule has 1 aromatic heterocycles. The zero-order chi connectivity index (χ0) is 15.1. The molecule has 0 radical (unpaired) electrons. The second-order valence-electron chi connectivity index (χ2n) is 6.53. The second-order valence-corrected chi connectivity index (χ2v) is 6.53. The lowest BCUT2D eigenvalue weighted by Gasteiger charge is -2.24. The van der Waals surface area contributed by atoms with E-state index in [1.54, 1.807) is 13.0 Å². The summed E-state index contributed by atoms with van der Waals surface area (Å²) in [6, 6.07) is 5.76. The van der Waals surface area contributed by atoms with Gasteiger partial charge in [-0.1, -0.05) is 30.1 Å². The van der Waals surface area contributed by atoms with Crippen molar-refractivity contribution in [2.24, 2.45) is 5.92 Å². The van der Waals surface area contributed by atoms with Gasteiger partial charge in [-0.25, -0.2) is 4.39 Å². The van der Waals surface area contributed by atoms with E-state index in [9.17, 15) is 4.39 Å². The van der Waals surface area contributed by atoms with E-state index in [4.69, 9.17) is 4.52 Å². The number of aryl methyl sites for hydroxylation is 1. The molecule has 4 nitrogen and oxygen atoms in total. The molecule has 2 heterocycles. The van der Waals surface area contributed by atoms with Crippen LogP contribution in [0, 0.1) is 18.7 Å². The Hall–Kier alpha value is -1.46. The minimum absolute atomic E-state index is 0. The predicted molar refractivity (Wildman–Crippen MR) is 87.9 cm³/mol. The Balaban J connectivity index is 0.00000156. The van der Waals surface area contributed by atoms with Crippen LogP contribution in [0.3, 0.4) is 0 Å². The van der Waals surface area contributed by atoms with Gasteiger partial charge in [0.15, 0.2) is 0 Å². The van der Waals surface area contributed by atoms with Crippen molar-refractivity contribution in [1.82, 2.24) is 15.5 Å². The highest BCUT2D eigenvalue weighted by molar-refractivity contribution is 5.85. The molecular weight excluding hydrogens is 317 g/mol. The number of nitrogens with one attached hydrogen (secondary N) is 1. The molecule has 3 unspecified atom stereocenters. The van der Waals surface area contributed by atoms with E-state index in [0.29, 0.717) is 28.9 Å². The van der Waals surface area contributed by atoms with Gasteiger partial charge in [0.1, 0.15) is 5.82 Å². The van der Waals surface area contributed by atoms with Crippen LogP contribution in [0.5, 0.6) is 0 Å². The van der Waals surface area contributed by atoms with Gasteiger partial charge in [-0.05, 0) is 43.7 Å². The molecule has 0 amide bonds. The number of hydrogen-bond acceptors (Lipinski definition) is 4. The largest absolute Gasteiger partial charge is 0.337 e. The summed E-state index contributed by atoms with van der Waals surface area (Å²) in [7, 11) is 0. The lowest BCUT2D eigenvalue weighted by molar-refractivity contribution is 0.324. The summed E-state index contributed by atoms with van der Waals surface area (Å²) in [6.07, 6.45) is 6.23. The number of fused-ring (bicyclic) bond motifs is 1. The maximum Gasteiger partial charge on any atom is 0.244 e. The van der Waals surface area contributed by atoms with Crippen molar-refractivity contribution in [3.8, 4) is 11.4 Å². The molecule has 1 N–H and O–H groups in total. The van der Waals surface area contributed by atoms with E-state index in [-0.39, 0.29) is 24.3 Å². The van der Waals surface area contributed by atoms with Gasteiger partial charge in [-0.3, -0.25) is 0 Å². The molecule has 0 bridgehead atoms. The third-order valence-corrected chi connectivity index (χ3v) is 5.03. The molecule has 1 saturated heterocycles. The monoisotopic (exact) mass is 337 g/mol. The van der Waals surface area contributed by atoms with Crippen LogP contribution < -0.4 is 5.32 Å². The van der Waals surface area contributed by atoms with Gasteiger partial charge in [-0.15, -0.1) is 12.4 Å². The van der Waals surface area contributed by atoms with Crippen LogP contribution in [0.1, 0.15) is 49.6 Å². The van der Waals surface area contributed by atoms with E-state index < -0.39 is 0 Å². The van der Waals surface area contributed by atoms with Gasteiger partial charge < -0.3 is 9.84 Å². The number of halogens is 2.